The molecule has 1 aromatic heterocycles. The van der Waals surface area contributed by atoms with E-state index in [4.69, 9.17) is 0 Å². The van der Waals surface area contributed by atoms with Crippen LogP contribution in [0.2, 0.25) is 0 Å². The first-order valence-corrected chi connectivity index (χ1v) is 7.54. The topological polar surface area (TPSA) is 88.1 Å². The molecular weight excluding hydrogens is 270 g/mol. The van der Waals surface area contributed by atoms with Gasteiger partial charge in [-0.3, -0.25) is 14.3 Å². The fraction of sp³-hybridized carbons (Fsp3) is 0.643. The van der Waals surface area contributed by atoms with Crippen LogP contribution in [0.4, 0.5) is 5.69 Å². The van der Waals surface area contributed by atoms with E-state index in [1.807, 2.05) is 0 Å². The number of nitrogens with zero attached hydrogens (tertiary/aromatic N) is 2. The maximum Gasteiger partial charge on any atom is 0.241 e. The number of amides is 2. The zero-order chi connectivity index (χ0) is 14.7. The van der Waals surface area contributed by atoms with Crippen LogP contribution in [0.3, 0.4) is 0 Å². The highest BCUT2D eigenvalue weighted by atomic mass is 16.2. The average molecular weight is 291 g/mol. The maximum atomic E-state index is 12.1. The molecule has 1 saturated heterocycles. The fourth-order valence-electron chi connectivity index (χ4n) is 2.48. The molecule has 0 bridgehead atoms. The number of rotatable bonds is 5. The Bertz CT molecular complexity index is 517. The second-order valence-corrected chi connectivity index (χ2v) is 5.80. The van der Waals surface area contributed by atoms with E-state index < -0.39 is 0 Å². The molecule has 2 amide bonds. The third-order valence-electron chi connectivity index (χ3n) is 3.82. The Morgan fingerprint density at radius 2 is 2.24 bits per heavy atom. The van der Waals surface area contributed by atoms with Gasteiger partial charge in [-0.05, 0) is 32.2 Å². The summed E-state index contributed by atoms with van der Waals surface area (Å²) in [5.74, 6) is -0.000552. The Morgan fingerprint density at radius 3 is 2.95 bits per heavy atom. The van der Waals surface area contributed by atoms with Gasteiger partial charge in [0.2, 0.25) is 11.8 Å². The summed E-state index contributed by atoms with van der Waals surface area (Å²) in [7, 11) is 0. The highest BCUT2D eigenvalue weighted by Crippen LogP contribution is 2.18. The lowest BCUT2D eigenvalue weighted by Gasteiger charge is -2.21. The number of anilines is 1. The molecule has 2 fully saturated rings. The van der Waals surface area contributed by atoms with Gasteiger partial charge in [-0.25, -0.2) is 0 Å². The highest BCUT2D eigenvalue weighted by molar-refractivity contribution is 5.92. The standard InChI is InChI=1S/C14H21N5O2/c20-13(17-11-3-4-11)9-19-8-12(7-16-19)18-14(21)10-2-1-5-15-6-10/h7-8,10-11,15H,1-6,9H2,(H,17,20)(H,18,21). The molecule has 1 aliphatic heterocycles. The number of nitrogens with one attached hydrogen (secondary N) is 3. The van der Waals surface area contributed by atoms with Crippen molar-refractivity contribution in [2.24, 2.45) is 5.92 Å². The number of piperidine rings is 1. The lowest BCUT2D eigenvalue weighted by molar-refractivity contribution is -0.122. The van der Waals surface area contributed by atoms with Crippen molar-refractivity contribution in [3.63, 3.8) is 0 Å². The van der Waals surface area contributed by atoms with Gasteiger partial charge in [0, 0.05) is 18.8 Å². The van der Waals surface area contributed by atoms with E-state index in [2.05, 4.69) is 21.0 Å². The second kappa shape index (κ2) is 6.26. The molecule has 7 nitrogen and oxygen atoms in total. The van der Waals surface area contributed by atoms with Crippen LogP contribution < -0.4 is 16.0 Å². The van der Waals surface area contributed by atoms with Crippen molar-refractivity contribution >= 4 is 17.5 Å². The molecule has 3 N–H and O–H groups in total. The zero-order valence-electron chi connectivity index (χ0n) is 12.0. The molecule has 0 radical (unpaired) electrons. The quantitative estimate of drug-likeness (QED) is 0.718. The molecule has 1 aliphatic carbocycles. The van der Waals surface area contributed by atoms with E-state index in [1.54, 1.807) is 17.1 Å². The number of hydrogen-bond acceptors (Lipinski definition) is 4. The van der Waals surface area contributed by atoms with Crippen molar-refractivity contribution in [1.29, 1.82) is 0 Å². The van der Waals surface area contributed by atoms with Gasteiger partial charge < -0.3 is 16.0 Å². The lowest BCUT2D eigenvalue weighted by Crippen LogP contribution is -2.37. The number of carbonyl (C=O) groups is 2. The van der Waals surface area contributed by atoms with Gasteiger partial charge in [0.1, 0.15) is 6.54 Å². The molecule has 3 rings (SSSR count). The van der Waals surface area contributed by atoms with Crippen molar-refractivity contribution in [1.82, 2.24) is 20.4 Å². The summed E-state index contributed by atoms with van der Waals surface area (Å²) < 4.78 is 1.55. The van der Waals surface area contributed by atoms with Gasteiger partial charge >= 0.3 is 0 Å². The Morgan fingerprint density at radius 1 is 1.38 bits per heavy atom. The van der Waals surface area contributed by atoms with Gasteiger partial charge in [0.15, 0.2) is 0 Å². The minimum absolute atomic E-state index is 0.0141. The van der Waals surface area contributed by atoms with Crippen LogP contribution in [-0.4, -0.2) is 40.7 Å². The molecular formula is C14H21N5O2. The molecule has 0 aromatic carbocycles. The van der Waals surface area contributed by atoms with E-state index in [0.29, 0.717) is 11.7 Å². The smallest absolute Gasteiger partial charge is 0.241 e. The van der Waals surface area contributed by atoms with E-state index >= 15 is 0 Å². The fourth-order valence-corrected chi connectivity index (χ4v) is 2.48. The molecule has 1 saturated carbocycles. The molecule has 0 spiro atoms. The Labute approximate surface area is 123 Å². The minimum atomic E-state index is -0.0324. The van der Waals surface area contributed by atoms with Crippen LogP contribution in [0, 0.1) is 5.92 Å². The first-order chi connectivity index (χ1) is 10.2. The van der Waals surface area contributed by atoms with Crippen molar-refractivity contribution in [3.05, 3.63) is 12.4 Å². The molecule has 7 heteroatoms. The SMILES string of the molecule is O=C(Cn1cc(NC(=O)C2CCCNC2)cn1)NC1CC1. The number of aromatic nitrogens is 2. The van der Waals surface area contributed by atoms with Crippen LogP contribution in [0.5, 0.6) is 0 Å². The van der Waals surface area contributed by atoms with Crippen LogP contribution >= 0.6 is 0 Å². The van der Waals surface area contributed by atoms with Gasteiger partial charge in [-0.15, -0.1) is 0 Å². The van der Waals surface area contributed by atoms with Crippen molar-refractivity contribution in [3.8, 4) is 0 Å². The minimum Gasteiger partial charge on any atom is -0.352 e. The summed E-state index contributed by atoms with van der Waals surface area (Å²) in [4.78, 5) is 23.8. The molecule has 114 valence electrons. The molecule has 1 atom stereocenters. The van der Waals surface area contributed by atoms with Gasteiger partial charge in [-0.2, -0.15) is 5.10 Å². The van der Waals surface area contributed by atoms with Crippen molar-refractivity contribution < 1.29 is 9.59 Å². The van der Waals surface area contributed by atoms with Crippen molar-refractivity contribution in [2.75, 3.05) is 18.4 Å². The molecule has 2 aliphatic rings. The second-order valence-electron chi connectivity index (χ2n) is 5.80. The first-order valence-electron chi connectivity index (χ1n) is 7.54. The lowest BCUT2D eigenvalue weighted by atomic mass is 9.99. The first kappa shape index (κ1) is 14.1. The van der Waals surface area contributed by atoms with E-state index in [1.165, 1.54) is 0 Å². The summed E-state index contributed by atoms with van der Waals surface area (Å²) in [6.07, 6.45) is 7.36. The zero-order valence-corrected chi connectivity index (χ0v) is 12.0. The van der Waals surface area contributed by atoms with Gasteiger partial charge in [-0.1, -0.05) is 0 Å². The monoisotopic (exact) mass is 291 g/mol. The summed E-state index contributed by atoms with van der Waals surface area (Å²) in [5, 5.41) is 13.1. The summed E-state index contributed by atoms with van der Waals surface area (Å²) in [6, 6.07) is 0.353. The predicted molar refractivity (Wildman–Crippen MR) is 77.6 cm³/mol. The number of carbonyl (C=O) groups excluding carboxylic acids is 2. The van der Waals surface area contributed by atoms with E-state index in [0.717, 1.165) is 38.8 Å². The maximum absolute atomic E-state index is 12.1. The molecule has 21 heavy (non-hydrogen) atoms. The third kappa shape index (κ3) is 4.04. The van der Waals surface area contributed by atoms with E-state index in [9.17, 15) is 9.59 Å². The highest BCUT2D eigenvalue weighted by Gasteiger charge is 2.23. The Hall–Kier alpha value is -1.89. The molecule has 2 heterocycles. The van der Waals surface area contributed by atoms with Crippen LogP contribution in [-0.2, 0) is 16.1 Å². The Kier molecular flexibility index (Phi) is 4.19. The normalized spacial score (nSPS) is 21.8. The summed E-state index contributed by atoms with van der Waals surface area (Å²) in [5.41, 5.74) is 0.643. The van der Waals surface area contributed by atoms with Crippen LogP contribution in [0.1, 0.15) is 25.7 Å². The Balaban J connectivity index is 1.49. The predicted octanol–water partition coefficient (Wildman–Crippen LogP) is 0.0998. The van der Waals surface area contributed by atoms with Gasteiger partial charge in [0.05, 0.1) is 17.8 Å². The third-order valence-corrected chi connectivity index (χ3v) is 3.82. The van der Waals surface area contributed by atoms with Crippen LogP contribution in [0.15, 0.2) is 12.4 Å². The molecule has 1 unspecified atom stereocenters. The van der Waals surface area contributed by atoms with E-state index in [-0.39, 0.29) is 24.3 Å². The number of hydrogen-bond donors (Lipinski definition) is 3. The van der Waals surface area contributed by atoms with Crippen LogP contribution in [0.25, 0.3) is 0 Å². The summed E-state index contributed by atoms with van der Waals surface area (Å²) >= 11 is 0. The largest absolute Gasteiger partial charge is 0.352 e. The molecule has 1 aromatic rings. The van der Waals surface area contributed by atoms with Crippen molar-refractivity contribution in [2.45, 2.75) is 38.3 Å². The average Bonchev–Trinajstić information content (AvgIpc) is 3.19. The van der Waals surface area contributed by atoms with Gasteiger partial charge in [0.25, 0.3) is 0 Å². The summed E-state index contributed by atoms with van der Waals surface area (Å²) in [6.45, 7) is 1.90.